The SMILES string of the molecule is COC(=O)c1ccc(Oc2cc(N)cc(N)c2)cc1. The first-order chi connectivity index (χ1) is 9.08. The number of carbonyl (C=O) groups is 1. The van der Waals surface area contributed by atoms with Crippen molar-refractivity contribution in [1.82, 2.24) is 0 Å². The van der Waals surface area contributed by atoms with Crippen LogP contribution in [0.1, 0.15) is 10.4 Å². The molecule has 0 saturated carbocycles. The number of ether oxygens (including phenoxy) is 2. The summed E-state index contributed by atoms with van der Waals surface area (Å²) in [6, 6.07) is 11.6. The topological polar surface area (TPSA) is 87.6 Å². The minimum absolute atomic E-state index is 0.389. The van der Waals surface area contributed by atoms with Gasteiger partial charge in [0, 0.05) is 23.5 Å². The van der Waals surface area contributed by atoms with Crippen LogP contribution in [0.3, 0.4) is 0 Å². The fraction of sp³-hybridized carbons (Fsp3) is 0.0714. The van der Waals surface area contributed by atoms with Gasteiger partial charge < -0.3 is 20.9 Å². The van der Waals surface area contributed by atoms with Crippen LogP contribution in [0.25, 0.3) is 0 Å². The Morgan fingerprint density at radius 1 is 0.947 bits per heavy atom. The number of esters is 1. The van der Waals surface area contributed by atoms with Crippen LogP contribution in [0.4, 0.5) is 11.4 Å². The van der Waals surface area contributed by atoms with Crippen LogP contribution in [0, 0.1) is 0 Å². The molecule has 0 spiro atoms. The van der Waals surface area contributed by atoms with Crippen LogP contribution >= 0.6 is 0 Å². The molecule has 2 rings (SSSR count). The van der Waals surface area contributed by atoms with Gasteiger partial charge in [-0.3, -0.25) is 0 Å². The maximum atomic E-state index is 11.3. The van der Waals surface area contributed by atoms with Gasteiger partial charge in [-0.05, 0) is 30.3 Å². The fourth-order valence-corrected chi connectivity index (χ4v) is 1.62. The number of nitrogens with two attached hydrogens (primary N) is 2. The van der Waals surface area contributed by atoms with E-state index in [9.17, 15) is 4.79 Å². The average molecular weight is 258 g/mol. The number of hydrogen-bond donors (Lipinski definition) is 2. The Morgan fingerprint density at radius 2 is 1.53 bits per heavy atom. The molecule has 0 fully saturated rings. The zero-order valence-corrected chi connectivity index (χ0v) is 10.4. The summed E-state index contributed by atoms with van der Waals surface area (Å²) in [6.45, 7) is 0. The lowest BCUT2D eigenvalue weighted by molar-refractivity contribution is 0.0600. The summed E-state index contributed by atoms with van der Waals surface area (Å²) in [4.78, 5) is 11.3. The number of rotatable bonds is 3. The van der Waals surface area contributed by atoms with Crippen molar-refractivity contribution in [2.24, 2.45) is 0 Å². The Bertz CT molecular complexity index is 574. The number of hydrogen-bond acceptors (Lipinski definition) is 5. The van der Waals surface area contributed by atoms with Crippen LogP contribution in [-0.4, -0.2) is 13.1 Å². The van der Waals surface area contributed by atoms with Crippen molar-refractivity contribution in [1.29, 1.82) is 0 Å². The van der Waals surface area contributed by atoms with E-state index in [1.54, 1.807) is 42.5 Å². The van der Waals surface area contributed by atoms with Gasteiger partial charge in [-0.15, -0.1) is 0 Å². The molecule has 0 bridgehead atoms. The van der Waals surface area contributed by atoms with Crippen molar-refractivity contribution < 1.29 is 14.3 Å². The third kappa shape index (κ3) is 3.16. The number of anilines is 2. The second kappa shape index (κ2) is 5.30. The normalized spacial score (nSPS) is 9.95. The van der Waals surface area contributed by atoms with Crippen molar-refractivity contribution >= 4 is 17.3 Å². The molecule has 0 aromatic heterocycles. The molecule has 5 nitrogen and oxygen atoms in total. The highest BCUT2D eigenvalue weighted by molar-refractivity contribution is 5.89. The first-order valence-electron chi connectivity index (χ1n) is 5.61. The molecule has 0 atom stereocenters. The van der Waals surface area contributed by atoms with Crippen molar-refractivity contribution in [3.05, 3.63) is 48.0 Å². The zero-order valence-electron chi connectivity index (χ0n) is 10.4. The molecule has 0 aliphatic carbocycles. The van der Waals surface area contributed by atoms with Gasteiger partial charge in [0.1, 0.15) is 11.5 Å². The van der Waals surface area contributed by atoms with E-state index >= 15 is 0 Å². The predicted octanol–water partition coefficient (Wildman–Crippen LogP) is 2.43. The Kier molecular flexibility index (Phi) is 3.56. The monoisotopic (exact) mass is 258 g/mol. The average Bonchev–Trinajstić information content (AvgIpc) is 2.37. The van der Waals surface area contributed by atoms with E-state index in [1.165, 1.54) is 7.11 Å². The van der Waals surface area contributed by atoms with Crippen molar-refractivity contribution in [3.63, 3.8) is 0 Å². The minimum Gasteiger partial charge on any atom is -0.465 e. The van der Waals surface area contributed by atoms with Gasteiger partial charge in [0.2, 0.25) is 0 Å². The molecule has 98 valence electrons. The Balaban J connectivity index is 2.17. The Morgan fingerprint density at radius 3 is 2.05 bits per heavy atom. The van der Waals surface area contributed by atoms with E-state index in [4.69, 9.17) is 16.2 Å². The molecule has 0 amide bonds. The van der Waals surface area contributed by atoms with Crippen LogP contribution < -0.4 is 16.2 Å². The summed E-state index contributed by atoms with van der Waals surface area (Å²) in [5.41, 5.74) is 12.9. The molecule has 0 aliphatic heterocycles. The van der Waals surface area contributed by atoms with Gasteiger partial charge in [-0.1, -0.05) is 0 Å². The third-order valence-electron chi connectivity index (χ3n) is 2.46. The largest absolute Gasteiger partial charge is 0.465 e. The van der Waals surface area contributed by atoms with E-state index in [1.807, 2.05) is 0 Å². The molecule has 0 unspecified atom stereocenters. The minimum atomic E-state index is -0.389. The van der Waals surface area contributed by atoms with E-state index in [2.05, 4.69) is 4.74 Å². The highest BCUT2D eigenvalue weighted by Crippen LogP contribution is 2.26. The van der Waals surface area contributed by atoms with Crippen LogP contribution in [0.5, 0.6) is 11.5 Å². The molecule has 0 heterocycles. The summed E-state index contributed by atoms with van der Waals surface area (Å²) >= 11 is 0. The molecule has 19 heavy (non-hydrogen) atoms. The molecule has 2 aromatic carbocycles. The van der Waals surface area contributed by atoms with E-state index < -0.39 is 0 Å². The molecule has 2 aromatic rings. The Hall–Kier alpha value is -2.69. The lowest BCUT2D eigenvalue weighted by Gasteiger charge is -2.08. The number of methoxy groups -OCH3 is 1. The van der Waals surface area contributed by atoms with E-state index in [0.717, 1.165) is 0 Å². The van der Waals surface area contributed by atoms with Crippen LogP contribution in [-0.2, 0) is 4.74 Å². The summed E-state index contributed by atoms with van der Waals surface area (Å²) in [5, 5.41) is 0. The third-order valence-corrected chi connectivity index (χ3v) is 2.46. The maximum absolute atomic E-state index is 11.3. The summed E-state index contributed by atoms with van der Waals surface area (Å²) in [5.74, 6) is 0.737. The Labute approximate surface area is 110 Å². The van der Waals surface area contributed by atoms with Crippen molar-refractivity contribution in [3.8, 4) is 11.5 Å². The fourth-order valence-electron chi connectivity index (χ4n) is 1.62. The number of benzene rings is 2. The number of carbonyl (C=O) groups excluding carboxylic acids is 1. The molecular weight excluding hydrogens is 244 g/mol. The van der Waals surface area contributed by atoms with Gasteiger partial charge in [0.05, 0.1) is 12.7 Å². The van der Waals surface area contributed by atoms with Crippen molar-refractivity contribution in [2.75, 3.05) is 18.6 Å². The van der Waals surface area contributed by atoms with Gasteiger partial charge in [-0.25, -0.2) is 4.79 Å². The predicted molar refractivity (Wildman–Crippen MR) is 73.1 cm³/mol. The van der Waals surface area contributed by atoms with Gasteiger partial charge in [-0.2, -0.15) is 0 Å². The quantitative estimate of drug-likeness (QED) is 0.652. The summed E-state index contributed by atoms with van der Waals surface area (Å²) in [7, 11) is 1.34. The summed E-state index contributed by atoms with van der Waals surface area (Å²) in [6.07, 6.45) is 0. The molecular formula is C14H14N2O3. The molecule has 4 N–H and O–H groups in total. The summed E-state index contributed by atoms with van der Waals surface area (Å²) < 4.78 is 10.2. The van der Waals surface area contributed by atoms with Crippen molar-refractivity contribution in [2.45, 2.75) is 0 Å². The molecule has 5 heteroatoms. The molecule has 0 radical (unpaired) electrons. The van der Waals surface area contributed by atoms with Crippen LogP contribution in [0.2, 0.25) is 0 Å². The van der Waals surface area contributed by atoms with Gasteiger partial charge in [0.15, 0.2) is 0 Å². The maximum Gasteiger partial charge on any atom is 0.337 e. The zero-order chi connectivity index (χ0) is 13.8. The number of nitrogen functional groups attached to an aromatic ring is 2. The van der Waals surface area contributed by atoms with Crippen LogP contribution in [0.15, 0.2) is 42.5 Å². The first kappa shape index (κ1) is 12.8. The van der Waals surface area contributed by atoms with E-state index in [-0.39, 0.29) is 5.97 Å². The second-order valence-corrected chi connectivity index (χ2v) is 3.95. The lowest BCUT2D eigenvalue weighted by Crippen LogP contribution is -2.00. The first-order valence-corrected chi connectivity index (χ1v) is 5.61. The lowest BCUT2D eigenvalue weighted by atomic mass is 10.2. The molecule has 0 saturated heterocycles. The van der Waals surface area contributed by atoms with Gasteiger partial charge in [0.25, 0.3) is 0 Å². The molecule has 0 aliphatic rings. The second-order valence-electron chi connectivity index (χ2n) is 3.95. The standard InChI is InChI=1S/C14H14N2O3/c1-18-14(17)9-2-4-12(5-3-9)19-13-7-10(15)6-11(16)8-13/h2-8H,15-16H2,1H3. The van der Waals surface area contributed by atoms with Gasteiger partial charge >= 0.3 is 5.97 Å². The van der Waals surface area contributed by atoms with E-state index in [0.29, 0.717) is 28.4 Å². The highest BCUT2D eigenvalue weighted by Gasteiger charge is 2.05. The highest BCUT2D eigenvalue weighted by atomic mass is 16.5. The smallest absolute Gasteiger partial charge is 0.337 e.